The van der Waals surface area contributed by atoms with Gasteiger partial charge in [0, 0.05) is 6.04 Å². The van der Waals surface area contributed by atoms with Crippen molar-refractivity contribution in [2.24, 2.45) is 5.92 Å². The number of nitrogens with one attached hydrogen (secondary N) is 1. The molecule has 0 aliphatic heterocycles. The van der Waals surface area contributed by atoms with Crippen LogP contribution in [0.3, 0.4) is 0 Å². The van der Waals surface area contributed by atoms with E-state index in [9.17, 15) is 4.79 Å². The van der Waals surface area contributed by atoms with Crippen molar-refractivity contribution in [2.45, 2.75) is 32.2 Å². The zero-order valence-electron chi connectivity index (χ0n) is 6.76. The van der Waals surface area contributed by atoms with Crippen LogP contribution in [0.25, 0.3) is 0 Å². The molecular formula is C9H13NO. The highest BCUT2D eigenvalue weighted by Crippen LogP contribution is 2.34. The molecule has 0 spiro atoms. The monoisotopic (exact) mass is 151 g/mol. The van der Waals surface area contributed by atoms with E-state index in [1.54, 1.807) is 0 Å². The number of terminal acetylenes is 1. The van der Waals surface area contributed by atoms with E-state index in [2.05, 4.69) is 12.2 Å². The Hall–Kier alpha value is -0.970. The number of carbonyl (C=O) groups is 1. The fourth-order valence-corrected chi connectivity index (χ4v) is 1.32. The van der Waals surface area contributed by atoms with E-state index >= 15 is 0 Å². The van der Waals surface area contributed by atoms with E-state index in [1.807, 2.05) is 5.92 Å². The summed E-state index contributed by atoms with van der Waals surface area (Å²) in [6, 6.07) is 0.374. The molecule has 0 aromatic heterocycles. The number of hydrogen-bond donors (Lipinski definition) is 1. The molecule has 0 aromatic rings. The first kappa shape index (κ1) is 8.13. The van der Waals surface area contributed by atoms with Gasteiger partial charge >= 0.3 is 0 Å². The zero-order valence-corrected chi connectivity index (χ0v) is 6.76. The molecule has 0 aromatic carbocycles. The van der Waals surface area contributed by atoms with Crippen molar-refractivity contribution in [3.63, 3.8) is 0 Å². The first-order valence-electron chi connectivity index (χ1n) is 4.05. The van der Waals surface area contributed by atoms with Crippen LogP contribution in [0.2, 0.25) is 0 Å². The van der Waals surface area contributed by atoms with Crippen LogP contribution < -0.4 is 5.32 Å². The molecule has 1 aliphatic carbocycles. The molecule has 0 saturated heterocycles. The summed E-state index contributed by atoms with van der Waals surface area (Å²) in [5.41, 5.74) is 0. The minimum atomic E-state index is -0.270. The SMILES string of the molecule is C#CC(=O)NC1CC1CCC. The second-order valence-electron chi connectivity index (χ2n) is 3.01. The largest absolute Gasteiger partial charge is 0.342 e. The minimum absolute atomic E-state index is 0.270. The Bertz CT molecular complexity index is 192. The molecule has 2 nitrogen and oxygen atoms in total. The number of hydrogen-bond acceptors (Lipinski definition) is 1. The molecule has 0 heterocycles. The molecule has 1 amide bonds. The second kappa shape index (κ2) is 3.43. The van der Waals surface area contributed by atoms with Crippen molar-refractivity contribution in [3.8, 4) is 12.3 Å². The lowest BCUT2D eigenvalue weighted by atomic mass is 10.2. The molecule has 2 atom stereocenters. The Balaban J connectivity index is 2.14. The first-order valence-corrected chi connectivity index (χ1v) is 4.05. The van der Waals surface area contributed by atoms with Gasteiger partial charge in [-0.1, -0.05) is 13.3 Å². The number of rotatable bonds is 3. The third-order valence-corrected chi connectivity index (χ3v) is 2.03. The molecule has 1 N–H and O–H groups in total. The normalized spacial score (nSPS) is 27.3. The lowest BCUT2D eigenvalue weighted by Gasteiger charge is -1.97. The summed E-state index contributed by atoms with van der Waals surface area (Å²) in [5.74, 6) is 2.47. The molecule has 2 heteroatoms. The van der Waals surface area contributed by atoms with Crippen molar-refractivity contribution in [3.05, 3.63) is 0 Å². The van der Waals surface area contributed by atoms with Crippen molar-refractivity contribution in [2.75, 3.05) is 0 Å². The average molecular weight is 151 g/mol. The average Bonchev–Trinajstić information content (AvgIpc) is 2.69. The summed E-state index contributed by atoms with van der Waals surface area (Å²) in [7, 11) is 0. The van der Waals surface area contributed by atoms with Crippen LogP contribution in [0.15, 0.2) is 0 Å². The molecule has 1 fully saturated rings. The van der Waals surface area contributed by atoms with Gasteiger partial charge in [0.05, 0.1) is 0 Å². The highest BCUT2D eigenvalue weighted by molar-refractivity contribution is 5.93. The van der Waals surface area contributed by atoms with Crippen LogP contribution in [0.4, 0.5) is 0 Å². The Labute approximate surface area is 67.4 Å². The summed E-state index contributed by atoms with van der Waals surface area (Å²) in [6.07, 6.45) is 8.41. The second-order valence-corrected chi connectivity index (χ2v) is 3.01. The Morgan fingerprint density at radius 1 is 1.82 bits per heavy atom. The van der Waals surface area contributed by atoms with E-state index < -0.39 is 0 Å². The lowest BCUT2D eigenvalue weighted by molar-refractivity contribution is -0.115. The van der Waals surface area contributed by atoms with Gasteiger partial charge in [-0.15, -0.1) is 6.42 Å². The molecule has 60 valence electrons. The van der Waals surface area contributed by atoms with Gasteiger partial charge in [-0.25, -0.2) is 0 Å². The maximum absolute atomic E-state index is 10.7. The van der Waals surface area contributed by atoms with Crippen LogP contribution in [0.1, 0.15) is 26.2 Å². The quantitative estimate of drug-likeness (QED) is 0.597. The molecule has 11 heavy (non-hydrogen) atoms. The van der Waals surface area contributed by atoms with Crippen molar-refractivity contribution < 1.29 is 4.79 Å². The van der Waals surface area contributed by atoms with E-state index in [-0.39, 0.29) is 5.91 Å². The van der Waals surface area contributed by atoms with E-state index in [0.717, 1.165) is 6.42 Å². The van der Waals surface area contributed by atoms with Crippen LogP contribution >= 0.6 is 0 Å². The maximum Gasteiger partial charge on any atom is 0.295 e. The fourth-order valence-electron chi connectivity index (χ4n) is 1.32. The summed E-state index contributed by atoms with van der Waals surface area (Å²) in [4.78, 5) is 10.7. The molecule has 2 unspecified atom stereocenters. The van der Waals surface area contributed by atoms with Gasteiger partial charge < -0.3 is 5.32 Å². The van der Waals surface area contributed by atoms with Gasteiger partial charge in [0.15, 0.2) is 0 Å². The first-order chi connectivity index (χ1) is 5.27. The van der Waals surface area contributed by atoms with E-state index in [0.29, 0.717) is 12.0 Å². The van der Waals surface area contributed by atoms with Gasteiger partial charge in [0.1, 0.15) is 0 Å². The third-order valence-electron chi connectivity index (χ3n) is 2.03. The molecule has 0 radical (unpaired) electrons. The predicted molar refractivity (Wildman–Crippen MR) is 43.8 cm³/mol. The molecule has 1 saturated carbocycles. The predicted octanol–water partition coefficient (Wildman–Crippen LogP) is 0.924. The number of carbonyl (C=O) groups excluding carboxylic acids is 1. The van der Waals surface area contributed by atoms with Gasteiger partial charge in [0.2, 0.25) is 0 Å². The van der Waals surface area contributed by atoms with Gasteiger partial charge in [0.25, 0.3) is 5.91 Å². The highest BCUT2D eigenvalue weighted by Gasteiger charge is 2.36. The van der Waals surface area contributed by atoms with Gasteiger partial charge in [-0.05, 0) is 24.7 Å². The van der Waals surface area contributed by atoms with Crippen molar-refractivity contribution in [1.82, 2.24) is 5.32 Å². The Morgan fingerprint density at radius 2 is 2.55 bits per heavy atom. The van der Waals surface area contributed by atoms with Gasteiger partial charge in [-0.3, -0.25) is 4.79 Å². The molecule has 1 rings (SSSR count). The van der Waals surface area contributed by atoms with Gasteiger partial charge in [-0.2, -0.15) is 0 Å². The number of amides is 1. The van der Waals surface area contributed by atoms with Crippen LogP contribution in [0, 0.1) is 18.3 Å². The van der Waals surface area contributed by atoms with Crippen LogP contribution in [0.5, 0.6) is 0 Å². The standard InChI is InChI=1S/C9H13NO/c1-3-5-7-6-8(7)10-9(11)4-2/h2,7-8H,3,5-6H2,1H3,(H,10,11). The molecule has 0 bridgehead atoms. The molecule has 1 aliphatic rings. The summed E-state index contributed by atoms with van der Waals surface area (Å²) in [6.45, 7) is 2.15. The topological polar surface area (TPSA) is 29.1 Å². The van der Waals surface area contributed by atoms with E-state index in [4.69, 9.17) is 6.42 Å². The third kappa shape index (κ3) is 2.27. The Morgan fingerprint density at radius 3 is 3.09 bits per heavy atom. The minimum Gasteiger partial charge on any atom is -0.342 e. The summed E-state index contributed by atoms with van der Waals surface area (Å²) >= 11 is 0. The van der Waals surface area contributed by atoms with Crippen LogP contribution in [-0.4, -0.2) is 11.9 Å². The smallest absolute Gasteiger partial charge is 0.295 e. The van der Waals surface area contributed by atoms with Crippen LogP contribution in [-0.2, 0) is 4.79 Å². The highest BCUT2D eigenvalue weighted by atomic mass is 16.1. The summed E-state index contributed by atoms with van der Waals surface area (Å²) < 4.78 is 0. The zero-order chi connectivity index (χ0) is 8.27. The van der Waals surface area contributed by atoms with E-state index in [1.165, 1.54) is 12.8 Å². The molecular weight excluding hydrogens is 138 g/mol. The maximum atomic E-state index is 10.7. The van der Waals surface area contributed by atoms with Crippen molar-refractivity contribution >= 4 is 5.91 Å². The Kier molecular flexibility index (Phi) is 2.53. The summed E-state index contributed by atoms with van der Waals surface area (Å²) in [5, 5.41) is 2.76. The van der Waals surface area contributed by atoms with Crippen molar-refractivity contribution in [1.29, 1.82) is 0 Å². The fraction of sp³-hybridized carbons (Fsp3) is 0.667. The lowest BCUT2D eigenvalue weighted by Crippen LogP contribution is -2.24.